The van der Waals surface area contributed by atoms with E-state index in [0.717, 1.165) is 28.9 Å². The van der Waals surface area contributed by atoms with Crippen LogP contribution in [-0.4, -0.2) is 23.5 Å². The maximum atomic E-state index is 12.3. The molecule has 4 heteroatoms. The van der Waals surface area contributed by atoms with Gasteiger partial charge in [-0.3, -0.25) is 4.79 Å². The van der Waals surface area contributed by atoms with Crippen molar-refractivity contribution in [3.63, 3.8) is 0 Å². The van der Waals surface area contributed by atoms with Crippen molar-refractivity contribution in [3.05, 3.63) is 65.2 Å². The molecule has 2 nitrogen and oxygen atoms in total. The quantitative estimate of drug-likeness (QED) is 0.430. The summed E-state index contributed by atoms with van der Waals surface area (Å²) in [6.07, 6.45) is 6.84. The molecule has 0 atom stereocenters. The lowest BCUT2D eigenvalue weighted by molar-refractivity contribution is 0.0956. The first-order valence-electron chi connectivity index (χ1n) is 9.89. The van der Waals surface area contributed by atoms with Crippen LogP contribution in [0.5, 0.6) is 0 Å². The zero-order valence-electron chi connectivity index (χ0n) is 16.1. The summed E-state index contributed by atoms with van der Waals surface area (Å²) in [5.74, 6) is 1.97. The number of carbonyl (C=O) groups is 1. The average molecular weight is 400 g/mol. The summed E-state index contributed by atoms with van der Waals surface area (Å²) in [4.78, 5) is 13.6. The summed E-state index contributed by atoms with van der Waals surface area (Å²) in [6.45, 7) is 2.86. The summed E-state index contributed by atoms with van der Waals surface area (Å²) in [6, 6.07) is 16.6. The Morgan fingerprint density at radius 2 is 1.70 bits per heavy atom. The zero-order valence-corrected chi connectivity index (χ0v) is 17.7. The smallest absolute Gasteiger partial charge is 0.251 e. The Labute approximate surface area is 171 Å². The maximum Gasteiger partial charge on any atom is 0.251 e. The molecule has 1 aliphatic rings. The van der Waals surface area contributed by atoms with Crippen molar-refractivity contribution in [2.45, 2.75) is 54.9 Å². The molecule has 2 aromatic rings. The zero-order chi connectivity index (χ0) is 18.9. The largest absolute Gasteiger partial charge is 0.351 e. The van der Waals surface area contributed by atoms with Crippen LogP contribution in [0.1, 0.15) is 53.6 Å². The SMILES string of the molecule is Cc1ccc(SCc2ccc(C(=O)NCCSC3CCCCC3)cc2)cc1. The van der Waals surface area contributed by atoms with E-state index in [0.29, 0.717) is 0 Å². The minimum absolute atomic E-state index is 0.0389. The van der Waals surface area contributed by atoms with Crippen LogP contribution in [0.3, 0.4) is 0 Å². The Bertz CT molecular complexity index is 706. The average Bonchev–Trinajstić information content (AvgIpc) is 2.72. The van der Waals surface area contributed by atoms with Gasteiger partial charge in [0.15, 0.2) is 0 Å². The number of rotatable bonds is 8. The first-order valence-corrected chi connectivity index (χ1v) is 11.9. The number of aryl methyl sites for hydroxylation is 1. The van der Waals surface area contributed by atoms with Gasteiger partial charge in [0.2, 0.25) is 0 Å². The Balaban J connectivity index is 1.38. The molecule has 0 aromatic heterocycles. The number of hydrogen-bond acceptors (Lipinski definition) is 3. The monoisotopic (exact) mass is 399 g/mol. The summed E-state index contributed by atoms with van der Waals surface area (Å²) in [7, 11) is 0. The maximum absolute atomic E-state index is 12.3. The molecule has 0 radical (unpaired) electrons. The topological polar surface area (TPSA) is 29.1 Å². The lowest BCUT2D eigenvalue weighted by atomic mass is 10.0. The van der Waals surface area contributed by atoms with Gasteiger partial charge in [-0.1, -0.05) is 49.1 Å². The fraction of sp³-hybridized carbons (Fsp3) is 0.435. The highest BCUT2D eigenvalue weighted by atomic mass is 32.2. The highest BCUT2D eigenvalue weighted by molar-refractivity contribution is 7.99. The lowest BCUT2D eigenvalue weighted by Crippen LogP contribution is -2.26. The van der Waals surface area contributed by atoms with Gasteiger partial charge >= 0.3 is 0 Å². The number of nitrogens with one attached hydrogen (secondary N) is 1. The van der Waals surface area contributed by atoms with Crippen molar-refractivity contribution in [1.29, 1.82) is 0 Å². The minimum Gasteiger partial charge on any atom is -0.351 e. The van der Waals surface area contributed by atoms with E-state index in [-0.39, 0.29) is 5.91 Å². The second-order valence-electron chi connectivity index (χ2n) is 7.19. The fourth-order valence-corrected chi connectivity index (χ4v) is 5.35. The number of carbonyl (C=O) groups excluding carboxylic acids is 1. The van der Waals surface area contributed by atoms with E-state index in [1.165, 1.54) is 48.1 Å². The van der Waals surface area contributed by atoms with Gasteiger partial charge in [0.05, 0.1) is 0 Å². The molecule has 27 heavy (non-hydrogen) atoms. The van der Waals surface area contributed by atoms with E-state index < -0.39 is 0 Å². The van der Waals surface area contributed by atoms with E-state index >= 15 is 0 Å². The van der Waals surface area contributed by atoms with Crippen molar-refractivity contribution < 1.29 is 4.79 Å². The molecule has 0 aliphatic heterocycles. The Morgan fingerprint density at radius 3 is 2.41 bits per heavy atom. The van der Waals surface area contributed by atoms with Gasteiger partial charge in [-0.2, -0.15) is 11.8 Å². The van der Waals surface area contributed by atoms with Crippen LogP contribution in [0, 0.1) is 6.92 Å². The molecule has 0 heterocycles. The lowest BCUT2D eigenvalue weighted by Gasteiger charge is -2.20. The van der Waals surface area contributed by atoms with Crippen molar-refractivity contribution in [1.82, 2.24) is 5.32 Å². The van der Waals surface area contributed by atoms with E-state index in [9.17, 15) is 4.79 Å². The minimum atomic E-state index is 0.0389. The molecule has 0 saturated heterocycles. The molecule has 1 N–H and O–H groups in total. The summed E-state index contributed by atoms with van der Waals surface area (Å²) >= 11 is 3.85. The Hall–Kier alpha value is -1.39. The molecule has 144 valence electrons. The van der Waals surface area contributed by atoms with E-state index in [2.05, 4.69) is 48.6 Å². The van der Waals surface area contributed by atoms with Crippen LogP contribution in [0.25, 0.3) is 0 Å². The van der Waals surface area contributed by atoms with Crippen LogP contribution < -0.4 is 5.32 Å². The van der Waals surface area contributed by atoms with Crippen molar-refractivity contribution in [2.24, 2.45) is 0 Å². The summed E-state index contributed by atoms with van der Waals surface area (Å²) < 4.78 is 0. The molecule has 3 rings (SSSR count). The summed E-state index contributed by atoms with van der Waals surface area (Å²) in [5, 5.41) is 3.86. The molecule has 1 fully saturated rings. The summed E-state index contributed by atoms with van der Waals surface area (Å²) in [5.41, 5.74) is 3.28. The second-order valence-corrected chi connectivity index (χ2v) is 9.64. The molecular formula is C23H29NOS2. The first-order chi connectivity index (χ1) is 13.2. The van der Waals surface area contributed by atoms with Crippen LogP contribution in [0.15, 0.2) is 53.4 Å². The molecule has 1 saturated carbocycles. The third-order valence-corrected chi connectivity index (χ3v) is 7.40. The molecule has 0 bridgehead atoms. The number of benzene rings is 2. The predicted molar refractivity (Wildman–Crippen MR) is 119 cm³/mol. The molecule has 0 unspecified atom stereocenters. The van der Waals surface area contributed by atoms with Gasteiger partial charge in [-0.05, 0) is 49.6 Å². The van der Waals surface area contributed by atoms with Crippen LogP contribution in [-0.2, 0) is 5.75 Å². The molecule has 0 spiro atoms. The van der Waals surface area contributed by atoms with E-state index in [4.69, 9.17) is 0 Å². The molecular weight excluding hydrogens is 370 g/mol. The van der Waals surface area contributed by atoms with Gasteiger partial charge in [-0.25, -0.2) is 0 Å². The Kier molecular flexibility index (Phi) is 8.15. The standard InChI is InChI=1S/C23H29NOS2/c1-18-7-13-22(14-8-18)27-17-19-9-11-20(12-10-19)23(25)24-15-16-26-21-5-3-2-4-6-21/h7-14,21H,2-6,15-17H2,1H3,(H,24,25). The normalized spacial score (nSPS) is 14.9. The number of thioether (sulfide) groups is 2. The highest BCUT2D eigenvalue weighted by Crippen LogP contribution is 2.27. The first kappa shape index (κ1) is 20.3. The second kappa shape index (κ2) is 10.8. The van der Waals surface area contributed by atoms with Crippen molar-refractivity contribution in [3.8, 4) is 0 Å². The van der Waals surface area contributed by atoms with E-state index in [1.54, 1.807) is 0 Å². The van der Waals surface area contributed by atoms with Crippen LogP contribution in [0.2, 0.25) is 0 Å². The van der Waals surface area contributed by atoms with Crippen LogP contribution in [0.4, 0.5) is 0 Å². The van der Waals surface area contributed by atoms with Gasteiger partial charge < -0.3 is 5.32 Å². The van der Waals surface area contributed by atoms with Gasteiger partial charge in [0.1, 0.15) is 0 Å². The van der Waals surface area contributed by atoms with Crippen molar-refractivity contribution >= 4 is 29.4 Å². The molecule has 2 aromatic carbocycles. The van der Waals surface area contributed by atoms with Gasteiger partial charge in [0.25, 0.3) is 5.91 Å². The van der Waals surface area contributed by atoms with Crippen molar-refractivity contribution in [2.75, 3.05) is 12.3 Å². The van der Waals surface area contributed by atoms with E-state index in [1.807, 2.05) is 35.7 Å². The predicted octanol–water partition coefficient (Wildman–Crippen LogP) is 6.08. The third-order valence-electron chi connectivity index (χ3n) is 4.94. The number of amides is 1. The van der Waals surface area contributed by atoms with Gasteiger partial charge in [-0.15, -0.1) is 11.8 Å². The van der Waals surface area contributed by atoms with Gasteiger partial charge in [0, 0.05) is 33.8 Å². The molecule has 1 amide bonds. The highest BCUT2D eigenvalue weighted by Gasteiger charge is 2.13. The van der Waals surface area contributed by atoms with Crippen LogP contribution >= 0.6 is 23.5 Å². The fourth-order valence-electron chi connectivity index (χ4n) is 3.28. The third kappa shape index (κ3) is 6.93. The Morgan fingerprint density at radius 1 is 1.00 bits per heavy atom. The molecule has 1 aliphatic carbocycles. The number of hydrogen-bond donors (Lipinski definition) is 1.